The maximum absolute atomic E-state index is 3.44. The molecule has 0 spiro atoms. The normalized spacial score (nSPS) is 11.8. The first kappa shape index (κ1) is 16.2. The minimum atomic E-state index is 0. The maximum atomic E-state index is 3.44. The fourth-order valence-electron chi connectivity index (χ4n) is 2.18. The van der Waals surface area contributed by atoms with Crippen molar-refractivity contribution in [1.29, 1.82) is 0 Å². The standard InChI is InChI=1S/C17H30N2.H2/c1-14(2)13-19(5)11-10-16-6-8-17(9-7-16)12-18-15(3)4;/h6-9,14-15,18H,10-13H2,1-5H3;1H. The lowest BCUT2D eigenvalue weighted by Gasteiger charge is -2.18. The number of hydrogen-bond acceptors (Lipinski definition) is 2. The molecule has 0 fully saturated rings. The minimum Gasteiger partial charge on any atom is -0.310 e. The summed E-state index contributed by atoms with van der Waals surface area (Å²) in [5.74, 6) is 0.745. The first-order chi connectivity index (χ1) is 8.97. The third-order valence-corrected chi connectivity index (χ3v) is 3.20. The molecule has 1 aromatic rings. The van der Waals surface area contributed by atoms with Gasteiger partial charge in [-0.15, -0.1) is 0 Å². The molecule has 19 heavy (non-hydrogen) atoms. The van der Waals surface area contributed by atoms with Crippen LogP contribution in [0.3, 0.4) is 0 Å². The summed E-state index contributed by atoms with van der Waals surface area (Å²) in [5, 5.41) is 3.44. The van der Waals surface area contributed by atoms with E-state index in [-0.39, 0.29) is 1.43 Å². The molecule has 0 saturated heterocycles. The number of likely N-dealkylation sites (N-methyl/N-ethyl adjacent to an activating group) is 1. The lowest BCUT2D eigenvalue weighted by atomic mass is 10.1. The Morgan fingerprint density at radius 2 is 1.63 bits per heavy atom. The van der Waals surface area contributed by atoms with E-state index in [1.807, 2.05) is 0 Å². The van der Waals surface area contributed by atoms with Gasteiger partial charge in [-0.3, -0.25) is 0 Å². The largest absolute Gasteiger partial charge is 0.310 e. The van der Waals surface area contributed by atoms with Crippen LogP contribution < -0.4 is 5.32 Å². The van der Waals surface area contributed by atoms with Gasteiger partial charge in [0.1, 0.15) is 0 Å². The second kappa shape index (κ2) is 8.34. The van der Waals surface area contributed by atoms with Crippen LogP contribution in [0.2, 0.25) is 0 Å². The van der Waals surface area contributed by atoms with Crippen LogP contribution in [0.15, 0.2) is 24.3 Å². The van der Waals surface area contributed by atoms with Crippen LogP contribution >= 0.6 is 0 Å². The molecule has 0 amide bonds. The predicted octanol–water partition coefficient (Wildman–Crippen LogP) is 3.56. The number of rotatable bonds is 8. The van der Waals surface area contributed by atoms with Crippen molar-refractivity contribution in [3.8, 4) is 0 Å². The first-order valence-corrected chi connectivity index (χ1v) is 7.47. The van der Waals surface area contributed by atoms with Crippen LogP contribution in [0.1, 0.15) is 40.2 Å². The zero-order valence-electron chi connectivity index (χ0n) is 13.2. The third kappa shape index (κ3) is 7.34. The van der Waals surface area contributed by atoms with Gasteiger partial charge in [-0.25, -0.2) is 0 Å². The maximum Gasteiger partial charge on any atom is 0.0207 e. The van der Waals surface area contributed by atoms with Crippen molar-refractivity contribution in [2.45, 2.75) is 46.7 Å². The van der Waals surface area contributed by atoms with Crippen LogP contribution in [0.5, 0.6) is 0 Å². The van der Waals surface area contributed by atoms with Gasteiger partial charge in [0.25, 0.3) is 0 Å². The van der Waals surface area contributed by atoms with Gasteiger partial charge >= 0.3 is 0 Å². The van der Waals surface area contributed by atoms with Gasteiger partial charge < -0.3 is 10.2 Å². The summed E-state index contributed by atoms with van der Waals surface area (Å²) in [7, 11) is 2.21. The molecule has 2 nitrogen and oxygen atoms in total. The van der Waals surface area contributed by atoms with E-state index in [4.69, 9.17) is 0 Å². The van der Waals surface area contributed by atoms with Gasteiger partial charge in [0, 0.05) is 27.1 Å². The third-order valence-electron chi connectivity index (χ3n) is 3.20. The van der Waals surface area contributed by atoms with Gasteiger partial charge in [-0.05, 0) is 30.5 Å². The molecular formula is C17H32N2. The van der Waals surface area contributed by atoms with Crippen molar-refractivity contribution in [3.05, 3.63) is 35.4 Å². The highest BCUT2D eigenvalue weighted by Crippen LogP contribution is 2.06. The predicted molar refractivity (Wildman–Crippen MR) is 86.6 cm³/mol. The molecule has 0 heterocycles. The van der Waals surface area contributed by atoms with E-state index in [0.29, 0.717) is 6.04 Å². The average molecular weight is 264 g/mol. The van der Waals surface area contributed by atoms with E-state index < -0.39 is 0 Å². The zero-order chi connectivity index (χ0) is 14.3. The second-order valence-corrected chi connectivity index (χ2v) is 6.26. The Kier molecular flexibility index (Phi) is 7.11. The number of benzene rings is 1. The van der Waals surface area contributed by atoms with Crippen LogP contribution in [-0.4, -0.2) is 31.1 Å². The highest BCUT2D eigenvalue weighted by atomic mass is 15.1. The molecule has 0 aliphatic rings. The molecule has 0 saturated carbocycles. The SMILES string of the molecule is CC(C)CN(C)CCc1ccc(CNC(C)C)cc1.[HH]. The molecule has 0 aromatic heterocycles. The van der Waals surface area contributed by atoms with Crippen molar-refractivity contribution in [3.63, 3.8) is 0 Å². The quantitative estimate of drug-likeness (QED) is 0.772. The number of nitrogens with zero attached hydrogens (tertiary/aromatic N) is 1. The van der Waals surface area contributed by atoms with E-state index in [1.54, 1.807) is 0 Å². The Bertz CT molecular complexity index is 347. The molecule has 0 radical (unpaired) electrons. The molecule has 0 aliphatic carbocycles. The van der Waals surface area contributed by atoms with Crippen LogP contribution in [0.4, 0.5) is 0 Å². The molecule has 1 N–H and O–H groups in total. The van der Waals surface area contributed by atoms with Crippen molar-refractivity contribution in [1.82, 2.24) is 10.2 Å². The molecule has 2 heteroatoms. The first-order valence-electron chi connectivity index (χ1n) is 7.47. The number of hydrogen-bond donors (Lipinski definition) is 1. The molecule has 0 unspecified atom stereocenters. The van der Waals surface area contributed by atoms with Crippen LogP contribution in [0.25, 0.3) is 0 Å². The van der Waals surface area contributed by atoms with Gasteiger partial charge in [0.2, 0.25) is 0 Å². The fourth-order valence-corrected chi connectivity index (χ4v) is 2.18. The Morgan fingerprint density at radius 3 is 2.16 bits per heavy atom. The fraction of sp³-hybridized carbons (Fsp3) is 0.647. The number of nitrogens with one attached hydrogen (secondary N) is 1. The Balaban J connectivity index is 0.00000361. The zero-order valence-corrected chi connectivity index (χ0v) is 13.2. The lowest BCUT2D eigenvalue weighted by Crippen LogP contribution is -2.25. The summed E-state index contributed by atoms with van der Waals surface area (Å²) in [6.45, 7) is 12.2. The van der Waals surface area contributed by atoms with E-state index in [1.165, 1.54) is 17.7 Å². The Labute approximate surface area is 120 Å². The molecule has 1 aromatic carbocycles. The molecule has 110 valence electrons. The van der Waals surface area contributed by atoms with E-state index in [9.17, 15) is 0 Å². The second-order valence-electron chi connectivity index (χ2n) is 6.26. The highest BCUT2D eigenvalue weighted by Gasteiger charge is 2.02. The summed E-state index contributed by atoms with van der Waals surface area (Å²) in [6, 6.07) is 9.56. The summed E-state index contributed by atoms with van der Waals surface area (Å²) in [4.78, 5) is 2.42. The summed E-state index contributed by atoms with van der Waals surface area (Å²) < 4.78 is 0. The minimum absolute atomic E-state index is 0. The molecule has 0 bridgehead atoms. The smallest absolute Gasteiger partial charge is 0.0207 e. The Morgan fingerprint density at radius 1 is 1.05 bits per heavy atom. The van der Waals surface area contributed by atoms with Gasteiger partial charge in [-0.1, -0.05) is 52.0 Å². The molecule has 1 rings (SSSR count). The van der Waals surface area contributed by atoms with Gasteiger partial charge in [-0.2, -0.15) is 0 Å². The summed E-state index contributed by atoms with van der Waals surface area (Å²) in [5.41, 5.74) is 2.80. The van der Waals surface area contributed by atoms with Gasteiger partial charge in [0.15, 0.2) is 0 Å². The van der Waals surface area contributed by atoms with E-state index in [2.05, 4.69) is 69.2 Å². The van der Waals surface area contributed by atoms with E-state index >= 15 is 0 Å². The molecular weight excluding hydrogens is 232 g/mol. The molecule has 0 atom stereocenters. The Hall–Kier alpha value is -0.860. The van der Waals surface area contributed by atoms with Crippen molar-refractivity contribution in [2.24, 2.45) is 5.92 Å². The highest BCUT2D eigenvalue weighted by molar-refractivity contribution is 5.22. The summed E-state index contributed by atoms with van der Waals surface area (Å²) in [6.07, 6.45) is 1.14. The topological polar surface area (TPSA) is 15.3 Å². The summed E-state index contributed by atoms with van der Waals surface area (Å²) >= 11 is 0. The van der Waals surface area contributed by atoms with Crippen molar-refractivity contribution in [2.75, 3.05) is 20.1 Å². The van der Waals surface area contributed by atoms with E-state index in [0.717, 1.165) is 25.4 Å². The average Bonchev–Trinajstić information content (AvgIpc) is 2.34. The monoisotopic (exact) mass is 264 g/mol. The van der Waals surface area contributed by atoms with Crippen LogP contribution in [-0.2, 0) is 13.0 Å². The van der Waals surface area contributed by atoms with Crippen molar-refractivity contribution >= 4 is 0 Å². The lowest BCUT2D eigenvalue weighted by molar-refractivity contribution is 0.299. The van der Waals surface area contributed by atoms with Crippen molar-refractivity contribution < 1.29 is 1.43 Å². The van der Waals surface area contributed by atoms with Gasteiger partial charge in [0.05, 0.1) is 0 Å². The van der Waals surface area contributed by atoms with Crippen LogP contribution in [0, 0.1) is 5.92 Å². The molecule has 0 aliphatic heterocycles.